The number of hydrogen-bond acceptors (Lipinski definition) is 2. The maximum absolute atomic E-state index is 5.89. The molecule has 2 atom stereocenters. The van der Waals surface area contributed by atoms with E-state index in [2.05, 4.69) is 25.7 Å². The fourth-order valence-electron chi connectivity index (χ4n) is 2.80. The predicted octanol–water partition coefficient (Wildman–Crippen LogP) is 2.87. The van der Waals surface area contributed by atoms with Gasteiger partial charge in [0.15, 0.2) is 0 Å². The van der Waals surface area contributed by atoms with Crippen molar-refractivity contribution < 1.29 is 0 Å². The Balaban J connectivity index is 2.53. The molecule has 16 heavy (non-hydrogen) atoms. The fraction of sp³-hybridized carbons (Fsp3) is 1.00. The molecular weight excluding hydrogens is 196 g/mol. The predicted molar refractivity (Wildman–Crippen MR) is 71.5 cm³/mol. The van der Waals surface area contributed by atoms with Crippen LogP contribution in [0.2, 0.25) is 0 Å². The Hall–Kier alpha value is -0.0800. The summed E-state index contributed by atoms with van der Waals surface area (Å²) in [6.07, 6.45) is 6.92. The summed E-state index contributed by atoms with van der Waals surface area (Å²) in [6, 6.07) is 0.815. The standard InChI is InChI=1S/C14H30N2/c1-4-14-8-6-5-7-9-16(14)11-13(10-15)12(2)3/h12-14H,4-11,15H2,1-3H3. The van der Waals surface area contributed by atoms with Gasteiger partial charge in [-0.25, -0.2) is 0 Å². The highest BCUT2D eigenvalue weighted by atomic mass is 15.2. The van der Waals surface area contributed by atoms with E-state index < -0.39 is 0 Å². The maximum atomic E-state index is 5.89. The van der Waals surface area contributed by atoms with Crippen molar-refractivity contribution >= 4 is 0 Å². The van der Waals surface area contributed by atoms with E-state index in [0.29, 0.717) is 11.8 Å². The Bertz CT molecular complexity index is 180. The van der Waals surface area contributed by atoms with Crippen molar-refractivity contribution in [2.45, 2.75) is 58.9 Å². The molecule has 0 bridgehead atoms. The van der Waals surface area contributed by atoms with Gasteiger partial charge in [0.1, 0.15) is 0 Å². The molecule has 2 N–H and O–H groups in total. The van der Waals surface area contributed by atoms with E-state index in [9.17, 15) is 0 Å². The number of nitrogens with two attached hydrogens (primary N) is 1. The normalized spacial score (nSPS) is 25.7. The molecule has 1 heterocycles. The summed E-state index contributed by atoms with van der Waals surface area (Å²) >= 11 is 0. The third-order valence-corrected chi connectivity index (χ3v) is 4.18. The van der Waals surface area contributed by atoms with E-state index in [1.54, 1.807) is 0 Å². The van der Waals surface area contributed by atoms with Gasteiger partial charge in [-0.15, -0.1) is 0 Å². The van der Waals surface area contributed by atoms with Gasteiger partial charge in [0.25, 0.3) is 0 Å². The van der Waals surface area contributed by atoms with Crippen molar-refractivity contribution in [2.75, 3.05) is 19.6 Å². The van der Waals surface area contributed by atoms with Gasteiger partial charge in [-0.1, -0.05) is 33.6 Å². The van der Waals surface area contributed by atoms with Crippen molar-refractivity contribution in [2.24, 2.45) is 17.6 Å². The quantitative estimate of drug-likeness (QED) is 0.781. The number of hydrogen-bond donors (Lipinski definition) is 1. The maximum Gasteiger partial charge on any atom is 0.00927 e. The zero-order chi connectivity index (χ0) is 12.0. The summed E-state index contributed by atoms with van der Waals surface area (Å²) in [5.41, 5.74) is 5.89. The molecule has 0 aromatic carbocycles. The number of rotatable bonds is 5. The van der Waals surface area contributed by atoms with Crippen molar-refractivity contribution in [3.05, 3.63) is 0 Å². The lowest BCUT2D eigenvalue weighted by Gasteiger charge is -2.33. The first-order chi connectivity index (χ1) is 7.69. The Morgan fingerprint density at radius 2 is 2.00 bits per heavy atom. The van der Waals surface area contributed by atoms with Crippen LogP contribution in [0.25, 0.3) is 0 Å². The molecule has 96 valence electrons. The second-order valence-electron chi connectivity index (χ2n) is 5.65. The lowest BCUT2D eigenvalue weighted by atomic mass is 9.94. The minimum Gasteiger partial charge on any atom is -0.330 e. The molecule has 0 amide bonds. The average molecular weight is 226 g/mol. The molecule has 0 radical (unpaired) electrons. The lowest BCUT2D eigenvalue weighted by Crippen LogP contribution is -2.41. The Morgan fingerprint density at radius 3 is 2.56 bits per heavy atom. The first kappa shape index (κ1) is 14.0. The fourth-order valence-corrected chi connectivity index (χ4v) is 2.80. The Morgan fingerprint density at radius 1 is 1.25 bits per heavy atom. The molecule has 0 aliphatic carbocycles. The van der Waals surface area contributed by atoms with Crippen molar-refractivity contribution in [3.63, 3.8) is 0 Å². The Kier molecular flexibility index (Phi) is 6.37. The summed E-state index contributed by atoms with van der Waals surface area (Å²) < 4.78 is 0. The third-order valence-electron chi connectivity index (χ3n) is 4.18. The SMILES string of the molecule is CCC1CCCCCN1CC(CN)C(C)C. The highest BCUT2D eigenvalue weighted by molar-refractivity contribution is 4.78. The lowest BCUT2D eigenvalue weighted by molar-refractivity contribution is 0.149. The van der Waals surface area contributed by atoms with Crippen LogP contribution in [0.4, 0.5) is 0 Å². The van der Waals surface area contributed by atoms with E-state index in [-0.39, 0.29) is 0 Å². The second-order valence-corrected chi connectivity index (χ2v) is 5.65. The molecule has 1 rings (SSSR count). The molecule has 2 unspecified atom stereocenters. The van der Waals surface area contributed by atoms with Crippen LogP contribution in [0.5, 0.6) is 0 Å². The molecule has 1 fully saturated rings. The van der Waals surface area contributed by atoms with Gasteiger partial charge in [0.05, 0.1) is 0 Å². The summed E-state index contributed by atoms with van der Waals surface area (Å²) in [7, 11) is 0. The number of nitrogens with zero attached hydrogens (tertiary/aromatic N) is 1. The molecule has 0 spiro atoms. The van der Waals surface area contributed by atoms with Gasteiger partial charge in [0, 0.05) is 12.6 Å². The molecular formula is C14H30N2. The van der Waals surface area contributed by atoms with Crippen LogP contribution < -0.4 is 5.73 Å². The molecule has 1 saturated heterocycles. The van der Waals surface area contributed by atoms with Crippen molar-refractivity contribution in [1.29, 1.82) is 0 Å². The molecule has 0 saturated carbocycles. The average Bonchev–Trinajstić information content (AvgIpc) is 2.49. The number of likely N-dealkylation sites (tertiary alicyclic amines) is 1. The van der Waals surface area contributed by atoms with Gasteiger partial charge >= 0.3 is 0 Å². The monoisotopic (exact) mass is 226 g/mol. The summed E-state index contributed by atoms with van der Waals surface area (Å²) in [5, 5.41) is 0. The smallest absolute Gasteiger partial charge is 0.00927 e. The van der Waals surface area contributed by atoms with Gasteiger partial charge in [0.2, 0.25) is 0 Å². The van der Waals surface area contributed by atoms with E-state index in [1.165, 1.54) is 45.2 Å². The molecule has 2 heteroatoms. The van der Waals surface area contributed by atoms with Crippen molar-refractivity contribution in [3.8, 4) is 0 Å². The van der Waals surface area contributed by atoms with E-state index in [0.717, 1.165) is 12.6 Å². The van der Waals surface area contributed by atoms with Crippen LogP contribution in [0, 0.1) is 11.8 Å². The molecule has 1 aliphatic rings. The second kappa shape index (κ2) is 7.29. The van der Waals surface area contributed by atoms with Gasteiger partial charge in [-0.3, -0.25) is 0 Å². The highest BCUT2D eigenvalue weighted by Crippen LogP contribution is 2.22. The minimum atomic E-state index is 0.673. The van der Waals surface area contributed by atoms with E-state index in [1.807, 2.05) is 0 Å². The zero-order valence-corrected chi connectivity index (χ0v) is 11.4. The van der Waals surface area contributed by atoms with Crippen LogP contribution in [-0.4, -0.2) is 30.6 Å². The molecule has 1 aliphatic heterocycles. The zero-order valence-electron chi connectivity index (χ0n) is 11.4. The van der Waals surface area contributed by atoms with E-state index >= 15 is 0 Å². The van der Waals surface area contributed by atoms with Crippen LogP contribution >= 0.6 is 0 Å². The highest BCUT2D eigenvalue weighted by Gasteiger charge is 2.23. The van der Waals surface area contributed by atoms with Crippen LogP contribution in [0.1, 0.15) is 52.9 Å². The first-order valence-corrected chi connectivity index (χ1v) is 7.13. The molecule has 2 nitrogen and oxygen atoms in total. The van der Waals surface area contributed by atoms with Crippen molar-refractivity contribution in [1.82, 2.24) is 4.90 Å². The van der Waals surface area contributed by atoms with Gasteiger partial charge in [-0.2, -0.15) is 0 Å². The van der Waals surface area contributed by atoms with Gasteiger partial charge < -0.3 is 10.6 Å². The largest absolute Gasteiger partial charge is 0.330 e. The van der Waals surface area contributed by atoms with Crippen LogP contribution in [0.15, 0.2) is 0 Å². The molecule has 0 aromatic rings. The summed E-state index contributed by atoms with van der Waals surface area (Å²) in [5.74, 6) is 1.39. The van der Waals surface area contributed by atoms with Crippen LogP contribution in [0.3, 0.4) is 0 Å². The third kappa shape index (κ3) is 4.06. The summed E-state index contributed by atoms with van der Waals surface area (Å²) in [4.78, 5) is 2.71. The van der Waals surface area contributed by atoms with Gasteiger partial charge in [-0.05, 0) is 44.2 Å². The molecule has 0 aromatic heterocycles. The van der Waals surface area contributed by atoms with E-state index in [4.69, 9.17) is 5.73 Å². The first-order valence-electron chi connectivity index (χ1n) is 7.13. The topological polar surface area (TPSA) is 29.3 Å². The Labute approximate surface area is 102 Å². The minimum absolute atomic E-state index is 0.673. The van der Waals surface area contributed by atoms with Crippen LogP contribution in [-0.2, 0) is 0 Å². The summed E-state index contributed by atoms with van der Waals surface area (Å²) in [6.45, 7) is 10.3.